The van der Waals surface area contributed by atoms with E-state index >= 15 is 0 Å². The molecule has 2 aromatic carbocycles. The van der Waals surface area contributed by atoms with Crippen LogP contribution in [0.15, 0.2) is 53.4 Å². The Morgan fingerprint density at radius 1 is 1.07 bits per heavy atom. The maximum Gasteiger partial charge on any atom is 0.325 e. The van der Waals surface area contributed by atoms with Crippen LogP contribution in [0.4, 0.5) is 4.79 Å². The molecular weight excluding hydrogens is 406 g/mol. The van der Waals surface area contributed by atoms with E-state index in [9.17, 15) is 14.4 Å². The maximum absolute atomic E-state index is 12.5. The predicted molar refractivity (Wildman–Crippen MR) is 113 cm³/mol. The zero-order chi connectivity index (χ0) is 21.5. The summed E-state index contributed by atoms with van der Waals surface area (Å²) in [6, 6.07) is 15.1. The van der Waals surface area contributed by atoms with Gasteiger partial charge >= 0.3 is 5.97 Å². The number of rotatable bonds is 8. The Labute approximate surface area is 178 Å². The lowest BCUT2D eigenvalue weighted by Gasteiger charge is -2.13. The molecule has 1 heterocycles. The molecule has 1 saturated heterocycles. The third-order valence-corrected chi connectivity index (χ3v) is 5.10. The number of hydrogen-bond acceptors (Lipinski definition) is 7. The van der Waals surface area contributed by atoms with Crippen molar-refractivity contribution in [1.82, 2.24) is 4.90 Å². The summed E-state index contributed by atoms with van der Waals surface area (Å²) in [5.74, 6) is -0.0671. The molecule has 0 atom stereocenters. The lowest BCUT2D eigenvalue weighted by Crippen LogP contribution is -2.34. The first-order valence-corrected chi connectivity index (χ1v) is 10.1. The summed E-state index contributed by atoms with van der Waals surface area (Å²) in [5, 5.41) is -0.510. The fourth-order valence-electron chi connectivity index (χ4n) is 2.72. The summed E-state index contributed by atoms with van der Waals surface area (Å²) in [5.41, 5.74) is 1.71. The number of imide groups is 1. The van der Waals surface area contributed by atoms with Crippen LogP contribution in [0.25, 0.3) is 6.08 Å². The van der Waals surface area contributed by atoms with Gasteiger partial charge in [-0.25, -0.2) is 0 Å². The van der Waals surface area contributed by atoms with Crippen LogP contribution in [-0.4, -0.2) is 42.3 Å². The van der Waals surface area contributed by atoms with Gasteiger partial charge in [-0.1, -0.05) is 36.4 Å². The highest BCUT2D eigenvalue weighted by atomic mass is 32.2. The molecule has 0 saturated carbocycles. The Kier molecular flexibility index (Phi) is 7.13. The van der Waals surface area contributed by atoms with Gasteiger partial charge < -0.3 is 14.2 Å². The van der Waals surface area contributed by atoms with Gasteiger partial charge in [-0.3, -0.25) is 19.3 Å². The van der Waals surface area contributed by atoms with Crippen molar-refractivity contribution < 1.29 is 28.6 Å². The number of nitrogens with zero attached hydrogens (tertiary/aromatic N) is 1. The van der Waals surface area contributed by atoms with Gasteiger partial charge in [-0.15, -0.1) is 0 Å². The average Bonchev–Trinajstić information content (AvgIpc) is 3.01. The van der Waals surface area contributed by atoms with Gasteiger partial charge in [0.05, 0.1) is 18.6 Å². The molecule has 0 bridgehead atoms. The highest BCUT2D eigenvalue weighted by molar-refractivity contribution is 8.18. The number of carbonyl (C=O) groups is 3. The summed E-state index contributed by atoms with van der Waals surface area (Å²) < 4.78 is 16.1. The van der Waals surface area contributed by atoms with Crippen molar-refractivity contribution in [2.75, 3.05) is 20.3 Å². The summed E-state index contributed by atoms with van der Waals surface area (Å²) in [4.78, 5) is 37.0. The number of methoxy groups -OCH3 is 1. The topological polar surface area (TPSA) is 82.1 Å². The van der Waals surface area contributed by atoms with Crippen LogP contribution >= 0.6 is 11.8 Å². The van der Waals surface area contributed by atoms with Crippen LogP contribution in [0.3, 0.4) is 0 Å². The third kappa shape index (κ3) is 5.21. The van der Waals surface area contributed by atoms with E-state index in [0.29, 0.717) is 30.3 Å². The first kappa shape index (κ1) is 21.4. The van der Waals surface area contributed by atoms with Crippen molar-refractivity contribution in [1.29, 1.82) is 0 Å². The van der Waals surface area contributed by atoms with Gasteiger partial charge in [-0.2, -0.15) is 0 Å². The molecule has 0 aromatic heterocycles. The molecule has 1 aliphatic heterocycles. The quantitative estimate of drug-likeness (QED) is 0.467. The standard InChI is InChI=1S/C22H21NO6S/c1-3-28-18-11-16(9-10-17(18)29-14-15-7-5-4-6-8-15)12-19-21(25)23(22(26)30-19)13-20(24)27-2/h4-12H,3,13-14H2,1-2H3/b19-12+. The maximum atomic E-state index is 12.5. The van der Waals surface area contributed by atoms with E-state index in [-0.39, 0.29) is 4.91 Å². The predicted octanol–water partition coefficient (Wildman–Crippen LogP) is 3.87. The SMILES string of the molecule is CCOc1cc(/C=C2/SC(=O)N(CC(=O)OC)C2=O)ccc1OCc1ccccc1. The second kappa shape index (κ2) is 9.98. The van der Waals surface area contributed by atoms with Gasteiger partial charge in [0, 0.05) is 0 Å². The highest BCUT2D eigenvalue weighted by Crippen LogP contribution is 2.34. The van der Waals surface area contributed by atoms with Crippen LogP contribution in [0.2, 0.25) is 0 Å². The molecule has 8 heteroatoms. The Bertz CT molecular complexity index is 973. The van der Waals surface area contributed by atoms with Gasteiger partial charge in [0.2, 0.25) is 0 Å². The molecule has 0 radical (unpaired) electrons. The minimum atomic E-state index is -0.655. The first-order chi connectivity index (χ1) is 14.5. The van der Waals surface area contributed by atoms with Crippen LogP contribution in [0, 0.1) is 0 Å². The van der Waals surface area contributed by atoms with E-state index < -0.39 is 23.7 Å². The number of hydrogen-bond donors (Lipinski definition) is 0. The molecule has 156 valence electrons. The van der Waals surface area contributed by atoms with Gasteiger partial charge in [0.25, 0.3) is 11.1 Å². The van der Waals surface area contributed by atoms with E-state index in [1.54, 1.807) is 24.3 Å². The van der Waals surface area contributed by atoms with E-state index in [2.05, 4.69) is 4.74 Å². The van der Waals surface area contributed by atoms with Crippen LogP contribution in [0.5, 0.6) is 11.5 Å². The van der Waals surface area contributed by atoms with Crippen molar-refractivity contribution in [3.05, 3.63) is 64.6 Å². The molecular formula is C22H21NO6S. The molecule has 0 aliphatic carbocycles. The molecule has 7 nitrogen and oxygen atoms in total. The zero-order valence-electron chi connectivity index (χ0n) is 16.6. The highest BCUT2D eigenvalue weighted by Gasteiger charge is 2.36. The normalized spacial score (nSPS) is 14.9. The van der Waals surface area contributed by atoms with E-state index in [1.807, 2.05) is 37.3 Å². The third-order valence-electron chi connectivity index (χ3n) is 4.19. The molecule has 0 spiro atoms. The Hall–Kier alpha value is -3.26. The fourth-order valence-corrected chi connectivity index (χ4v) is 3.56. The number of thioether (sulfide) groups is 1. The molecule has 2 amide bonds. The summed E-state index contributed by atoms with van der Waals surface area (Å²) >= 11 is 0.779. The van der Waals surface area contributed by atoms with Crippen molar-refractivity contribution in [2.24, 2.45) is 0 Å². The minimum absolute atomic E-state index is 0.226. The van der Waals surface area contributed by atoms with E-state index in [0.717, 1.165) is 22.2 Å². The molecule has 1 fully saturated rings. The van der Waals surface area contributed by atoms with E-state index in [4.69, 9.17) is 9.47 Å². The molecule has 0 N–H and O–H groups in total. The monoisotopic (exact) mass is 427 g/mol. The van der Waals surface area contributed by atoms with Crippen molar-refractivity contribution in [2.45, 2.75) is 13.5 Å². The number of esters is 1. The van der Waals surface area contributed by atoms with Crippen LogP contribution in [0.1, 0.15) is 18.1 Å². The molecule has 0 unspecified atom stereocenters. The molecule has 1 aliphatic rings. The van der Waals surface area contributed by atoms with Crippen molar-refractivity contribution >= 4 is 35.0 Å². The van der Waals surface area contributed by atoms with Gasteiger partial charge in [-0.05, 0) is 48.0 Å². The van der Waals surface area contributed by atoms with Gasteiger partial charge in [0.15, 0.2) is 11.5 Å². The average molecular weight is 427 g/mol. The molecule has 30 heavy (non-hydrogen) atoms. The number of ether oxygens (including phenoxy) is 3. The van der Waals surface area contributed by atoms with E-state index in [1.165, 1.54) is 7.11 Å². The largest absolute Gasteiger partial charge is 0.490 e. The lowest BCUT2D eigenvalue weighted by atomic mass is 10.1. The summed E-state index contributed by atoms with van der Waals surface area (Å²) in [6.07, 6.45) is 1.59. The Morgan fingerprint density at radius 3 is 2.53 bits per heavy atom. The first-order valence-electron chi connectivity index (χ1n) is 9.27. The Morgan fingerprint density at radius 2 is 1.83 bits per heavy atom. The van der Waals surface area contributed by atoms with Crippen LogP contribution in [-0.2, 0) is 20.9 Å². The minimum Gasteiger partial charge on any atom is -0.490 e. The zero-order valence-corrected chi connectivity index (χ0v) is 17.4. The lowest BCUT2D eigenvalue weighted by molar-refractivity contribution is -0.143. The smallest absolute Gasteiger partial charge is 0.325 e. The van der Waals surface area contributed by atoms with Crippen molar-refractivity contribution in [3.63, 3.8) is 0 Å². The number of amides is 2. The number of carbonyl (C=O) groups excluding carboxylic acids is 3. The van der Waals surface area contributed by atoms with Gasteiger partial charge in [0.1, 0.15) is 13.2 Å². The second-order valence-corrected chi connectivity index (χ2v) is 7.25. The molecule has 2 aromatic rings. The fraction of sp³-hybridized carbons (Fsp3) is 0.227. The Balaban J connectivity index is 1.77. The second-order valence-electron chi connectivity index (χ2n) is 6.26. The van der Waals surface area contributed by atoms with Crippen molar-refractivity contribution in [3.8, 4) is 11.5 Å². The summed E-state index contributed by atoms with van der Waals surface area (Å²) in [7, 11) is 1.20. The summed E-state index contributed by atoms with van der Waals surface area (Å²) in [6.45, 7) is 2.30. The number of benzene rings is 2. The van der Waals surface area contributed by atoms with Crippen LogP contribution < -0.4 is 9.47 Å². The molecule has 3 rings (SSSR count).